The van der Waals surface area contributed by atoms with Crippen LogP contribution in [0.25, 0.3) is 0 Å². The first-order valence-corrected chi connectivity index (χ1v) is 8.96. The van der Waals surface area contributed by atoms with E-state index in [1.165, 1.54) is 37.7 Å². The molecule has 2 nitrogen and oxygen atoms in total. The summed E-state index contributed by atoms with van der Waals surface area (Å²) >= 11 is 0. The van der Waals surface area contributed by atoms with Crippen molar-refractivity contribution in [2.24, 2.45) is 5.92 Å². The zero-order chi connectivity index (χ0) is 16.0. The zero-order valence-electron chi connectivity index (χ0n) is 14.2. The summed E-state index contributed by atoms with van der Waals surface area (Å²) < 4.78 is 0. The molecule has 2 heteroatoms. The number of ketones is 1. The van der Waals surface area contributed by atoms with Gasteiger partial charge in [0.25, 0.3) is 0 Å². The van der Waals surface area contributed by atoms with Gasteiger partial charge < -0.3 is 4.79 Å². The first-order chi connectivity index (χ1) is 10.7. The number of hydrogen-bond donors (Lipinski definition) is 0. The van der Waals surface area contributed by atoms with Crippen LogP contribution < -0.4 is 0 Å². The second-order valence-corrected chi connectivity index (χ2v) is 6.50. The largest absolute Gasteiger partial charge is 0.300 e. The molecule has 0 N–H and O–H groups in total. The van der Waals surface area contributed by atoms with E-state index < -0.39 is 0 Å². The summed E-state index contributed by atoms with van der Waals surface area (Å²) in [5.74, 6) is 1.05. The molecule has 0 aromatic heterocycles. The van der Waals surface area contributed by atoms with Crippen molar-refractivity contribution >= 4 is 5.78 Å². The van der Waals surface area contributed by atoms with E-state index in [0.29, 0.717) is 18.6 Å². The standard InChI is InChI=1S/C20H31NO/c1-18(22)11-8-9-15-20(12-5-2-3-10-16-21)17-19-13-6-4-7-14-19/h5,12,17,19H,2-4,6-11,13-15H2,1H3/b12-5+,20-17-. The fourth-order valence-electron chi connectivity index (χ4n) is 3.06. The summed E-state index contributed by atoms with van der Waals surface area (Å²) in [5, 5.41) is 8.57. The molecule has 0 aliphatic heterocycles. The van der Waals surface area contributed by atoms with Crippen molar-refractivity contribution in [1.82, 2.24) is 0 Å². The topological polar surface area (TPSA) is 40.9 Å². The number of hydrogen-bond acceptors (Lipinski definition) is 2. The fourth-order valence-corrected chi connectivity index (χ4v) is 3.06. The van der Waals surface area contributed by atoms with Crippen molar-refractivity contribution < 1.29 is 4.79 Å². The Morgan fingerprint density at radius 3 is 2.55 bits per heavy atom. The van der Waals surface area contributed by atoms with Gasteiger partial charge in [0.1, 0.15) is 5.78 Å². The van der Waals surface area contributed by atoms with Gasteiger partial charge in [-0.1, -0.05) is 43.1 Å². The highest BCUT2D eigenvalue weighted by Crippen LogP contribution is 2.27. The average Bonchev–Trinajstić information content (AvgIpc) is 2.51. The molecule has 0 saturated heterocycles. The SMILES string of the molecule is CC(=O)CCCCC(/C=C/CCCC#N)=C\C1CCCCC1. The van der Waals surface area contributed by atoms with Gasteiger partial charge in [0.15, 0.2) is 0 Å². The van der Waals surface area contributed by atoms with Crippen LogP contribution in [0.3, 0.4) is 0 Å². The Morgan fingerprint density at radius 1 is 1.14 bits per heavy atom. The molecule has 0 heterocycles. The maximum absolute atomic E-state index is 11.0. The minimum absolute atomic E-state index is 0.296. The maximum atomic E-state index is 11.0. The number of carbonyl (C=O) groups is 1. The number of Topliss-reactive ketones (excluding diaryl/α,β-unsaturated/α-hetero) is 1. The average molecular weight is 301 g/mol. The van der Waals surface area contributed by atoms with Crippen LogP contribution in [0.5, 0.6) is 0 Å². The molecule has 1 fully saturated rings. The molecular weight excluding hydrogens is 270 g/mol. The van der Waals surface area contributed by atoms with Crippen LogP contribution in [0.2, 0.25) is 0 Å². The van der Waals surface area contributed by atoms with Gasteiger partial charge in [0.2, 0.25) is 0 Å². The Bertz CT molecular complexity index is 408. The second kappa shape index (κ2) is 12.2. The monoisotopic (exact) mass is 301 g/mol. The molecular formula is C20H31NO. The third kappa shape index (κ3) is 9.55. The predicted molar refractivity (Wildman–Crippen MR) is 92.4 cm³/mol. The normalized spacial score (nSPS) is 16.8. The van der Waals surface area contributed by atoms with Crippen LogP contribution in [0.1, 0.15) is 84.0 Å². The van der Waals surface area contributed by atoms with Crippen molar-refractivity contribution in [3.05, 3.63) is 23.8 Å². The molecule has 0 unspecified atom stereocenters. The second-order valence-electron chi connectivity index (χ2n) is 6.50. The molecule has 0 radical (unpaired) electrons. The fraction of sp³-hybridized carbons (Fsp3) is 0.700. The lowest BCUT2D eigenvalue weighted by atomic mass is 9.87. The van der Waals surface area contributed by atoms with Gasteiger partial charge in [-0.3, -0.25) is 0 Å². The van der Waals surface area contributed by atoms with Crippen molar-refractivity contribution in [2.75, 3.05) is 0 Å². The number of nitriles is 1. The van der Waals surface area contributed by atoms with E-state index in [0.717, 1.165) is 38.0 Å². The molecule has 0 atom stereocenters. The Kier molecular flexibility index (Phi) is 10.4. The van der Waals surface area contributed by atoms with Crippen molar-refractivity contribution in [2.45, 2.75) is 84.0 Å². The van der Waals surface area contributed by atoms with E-state index in [1.54, 1.807) is 6.92 Å². The van der Waals surface area contributed by atoms with E-state index in [9.17, 15) is 4.79 Å². The number of rotatable bonds is 10. The van der Waals surface area contributed by atoms with Crippen molar-refractivity contribution in [3.8, 4) is 6.07 Å². The highest BCUT2D eigenvalue weighted by atomic mass is 16.1. The summed E-state index contributed by atoms with van der Waals surface area (Å²) in [4.78, 5) is 11.0. The van der Waals surface area contributed by atoms with Gasteiger partial charge in [0, 0.05) is 12.8 Å². The number of unbranched alkanes of at least 4 members (excludes halogenated alkanes) is 3. The van der Waals surface area contributed by atoms with Crippen LogP contribution in [-0.2, 0) is 4.79 Å². The smallest absolute Gasteiger partial charge is 0.129 e. The van der Waals surface area contributed by atoms with E-state index in [4.69, 9.17) is 5.26 Å². The molecule has 1 saturated carbocycles. The zero-order valence-corrected chi connectivity index (χ0v) is 14.2. The number of nitrogens with zero attached hydrogens (tertiary/aromatic N) is 1. The number of allylic oxidation sites excluding steroid dienone is 4. The summed E-state index contributed by atoms with van der Waals surface area (Å²) in [5.41, 5.74) is 1.44. The Hall–Kier alpha value is -1.36. The van der Waals surface area contributed by atoms with Gasteiger partial charge in [-0.15, -0.1) is 0 Å². The summed E-state index contributed by atoms with van der Waals surface area (Å²) in [7, 11) is 0. The van der Waals surface area contributed by atoms with Gasteiger partial charge in [-0.2, -0.15) is 5.26 Å². The summed E-state index contributed by atoms with van der Waals surface area (Å²) in [6, 6.07) is 2.19. The Labute approximate surface area is 136 Å². The Morgan fingerprint density at radius 2 is 1.86 bits per heavy atom. The van der Waals surface area contributed by atoms with Gasteiger partial charge >= 0.3 is 0 Å². The van der Waals surface area contributed by atoms with Crippen molar-refractivity contribution in [1.29, 1.82) is 5.26 Å². The molecule has 1 aliphatic carbocycles. The molecule has 0 amide bonds. The summed E-state index contributed by atoms with van der Waals surface area (Å²) in [6.07, 6.45) is 20.2. The third-order valence-corrected chi connectivity index (χ3v) is 4.34. The van der Waals surface area contributed by atoms with Crippen molar-refractivity contribution in [3.63, 3.8) is 0 Å². The highest BCUT2D eigenvalue weighted by Gasteiger charge is 2.11. The quantitative estimate of drug-likeness (QED) is 0.373. The maximum Gasteiger partial charge on any atom is 0.129 e. The van der Waals surface area contributed by atoms with Gasteiger partial charge in [-0.25, -0.2) is 0 Å². The molecule has 1 aliphatic rings. The van der Waals surface area contributed by atoms with Crippen LogP contribution in [0, 0.1) is 17.2 Å². The lowest BCUT2D eigenvalue weighted by Crippen LogP contribution is -2.03. The third-order valence-electron chi connectivity index (χ3n) is 4.34. The summed E-state index contributed by atoms with van der Waals surface area (Å²) in [6.45, 7) is 1.67. The first kappa shape index (κ1) is 18.7. The minimum atomic E-state index is 0.296. The van der Waals surface area contributed by atoms with E-state index in [1.807, 2.05) is 0 Å². The van der Waals surface area contributed by atoms with E-state index in [-0.39, 0.29) is 0 Å². The molecule has 1 rings (SSSR count). The van der Waals surface area contributed by atoms with E-state index in [2.05, 4.69) is 24.3 Å². The highest BCUT2D eigenvalue weighted by molar-refractivity contribution is 5.75. The Balaban J connectivity index is 2.45. The van der Waals surface area contributed by atoms with E-state index >= 15 is 0 Å². The van der Waals surface area contributed by atoms with Crippen LogP contribution in [0.4, 0.5) is 0 Å². The minimum Gasteiger partial charge on any atom is -0.300 e. The van der Waals surface area contributed by atoms with Crippen LogP contribution >= 0.6 is 0 Å². The molecule has 22 heavy (non-hydrogen) atoms. The van der Waals surface area contributed by atoms with Gasteiger partial charge in [-0.05, 0) is 57.8 Å². The van der Waals surface area contributed by atoms with Crippen LogP contribution in [0.15, 0.2) is 23.8 Å². The molecule has 0 spiro atoms. The molecule has 0 aromatic rings. The lowest BCUT2D eigenvalue weighted by Gasteiger charge is -2.19. The molecule has 0 bridgehead atoms. The predicted octanol–water partition coefficient (Wildman–Crippen LogP) is 5.89. The van der Waals surface area contributed by atoms with Gasteiger partial charge in [0.05, 0.1) is 6.07 Å². The molecule has 122 valence electrons. The van der Waals surface area contributed by atoms with Crippen LogP contribution in [-0.4, -0.2) is 5.78 Å². The number of carbonyl (C=O) groups excluding carboxylic acids is 1. The lowest BCUT2D eigenvalue weighted by molar-refractivity contribution is -0.117. The first-order valence-electron chi connectivity index (χ1n) is 8.96. The molecule has 0 aromatic carbocycles.